The first-order valence-electron chi connectivity index (χ1n) is 5.84. The molecule has 2 heterocycles. The van der Waals surface area contributed by atoms with E-state index in [-0.39, 0.29) is 24.8 Å². The molecular weight excluding hydrogens is 264 g/mol. The largest absolute Gasteiger partial charge is 0.482 e. The summed E-state index contributed by atoms with van der Waals surface area (Å²) in [5, 5.41) is 10.8. The van der Waals surface area contributed by atoms with E-state index in [0.717, 1.165) is 11.8 Å². The first-order chi connectivity index (χ1) is 9.74. The lowest BCUT2D eigenvalue weighted by atomic mass is 10.2. The molecule has 0 amide bonds. The van der Waals surface area contributed by atoms with Gasteiger partial charge in [-0.25, -0.2) is 0 Å². The molecule has 0 bridgehead atoms. The Morgan fingerprint density at radius 1 is 1.30 bits per heavy atom. The van der Waals surface area contributed by atoms with Crippen molar-refractivity contribution < 1.29 is 19.1 Å². The van der Waals surface area contributed by atoms with Crippen LogP contribution in [0.1, 0.15) is 5.56 Å². The van der Waals surface area contributed by atoms with Crippen LogP contribution in [0.5, 0.6) is 17.2 Å². The van der Waals surface area contributed by atoms with Gasteiger partial charge in [0.2, 0.25) is 12.5 Å². The zero-order valence-corrected chi connectivity index (χ0v) is 10.3. The van der Waals surface area contributed by atoms with Gasteiger partial charge in [-0.3, -0.25) is 15.1 Å². The van der Waals surface area contributed by atoms with Crippen molar-refractivity contribution in [2.75, 3.05) is 6.79 Å². The molecule has 2 aromatic rings. The van der Waals surface area contributed by atoms with Gasteiger partial charge in [-0.05, 0) is 17.7 Å². The molecule has 0 atom stereocenters. The minimum absolute atomic E-state index is 0.159. The minimum Gasteiger partial charge on any atom is -0.482 e. The Labute approximate surface area is 113 Å². The molecule has 1 aromatic carbocycles. The van der Waals surface area contributed by atoms with Crippen molar-refractivity contribution in [1.82, 2.24) is 4.98 Å². The molecule has 0 saturated carbocycles. The molecule has 1 aliphatic heterocycles. The van der Waals surface area contributed by atoms with Gasteiger partial charge in [-0.15, -0.1) is 0 Å². The third-order valence-electron chi connectivity index (χ3n) is 2.79. The van der Waals surface area contributed by atoms with Crippen LogP contribution >= 0.6 is 0 Å². The number of rotatable bonds is 4. The molecule has 102 valence electrons. The second-order valence-electron chi connectivity index (χ2n) is 4.08. The highest BCUT2D eigenvalue weighted by molar-refractivity contribution is 5.45. The van der Waals surface area contributed by atoms with E-state index in [1.807, 2.05) is 6.07 Å². The maximum absolute atomic E-state index is 10.8. The lowest BCUT2D eigenvalue weighted by Crippen LogP contribution is -1.99. The van der Waals surface area contributed by atoms with Crippen molar-refractivity contribution in [3.63, 3.8) is 0 Å². The monoisotopic (exact) mass is 274 g/mol. The van der Waals surface area contributed by atoms with Crippen LogP contribution in [-0.4, -0.2) is 16.7 Å². The number of nitro groups is 1. The lowest BCUT2D eigenvalue weighted by Gasteiger charge is -2.07. The number of aromatic nitrogens is 1. The number of pyridine rings is 1. The van der Waals surface area contributed by atoms with Crippen molar-refractivity contribution in [1.29, 1.82) is 0 Å². The first kappa shape index (κ1) is 12.2. The molecular formula is C13H10N2O5. The highest BCUT2D eigenvalue weighted by Gasteiger charge is 2.16. The van der Waals surface area contributed by atoms with Gasteiger partial charge < -0.3 is 14.2 Å². The predicted molar refractivity (Wildman–Crippen MR) is 67.8 cm³/mol. The van der Waals surface area contributed by atoms with Crippen molar-refractivity contribution in [3.8, 4) is 17.2 Å². The Morgan fingerprint density at radius 3 is 3.00 bits per heavy atom. The van der Waals surface area contributed by atoms with Gasteiger partial charge in [0.25, 0.3) is 0 Å². The molecule has 1 aromatic heterocycles. The summed E-state index contributed by atoms with van der Waals surface area (Å²) in [7, 11) is 0. The molecule has 3 rings (SSSR count). The van der Waals surface area contributed by atoms with E-state index in [1.165, 1.54) is 12.3 Å². The summed E-state index contributed by atoms with van der Waals surface area (Å²) < 4.78 is 15.9. The molecule has 1 aliphatic rings. The molecule has 0 N–H and O–H groups in total. The van der Waals surface area contributed by atoms with Crippen LogP contribution in [-0.2, 0) is 6.61 Å². The summed E-state index contributed by atoms with van der Waals surface area (Å²) in [5.74, 6) is 1.52. The Balaban J connectivity index is 1.75. The van der Waals surface area contributed by atoms with E-state index in [1.54, 1.807) is 12.1 Å². The van der Waals surface area contributed by atoms with Gasteiger partial charge in [-0.2, -0.15) is 0 Å². The fraction of sp³-hybridized carbons (Fsp3) is 0.154. The second-order valence-corrected chi connectivity index (χ2v) is 4.08. The fourth-order valence-electron chi connectivity index (χ4n) is 1.82. The minimum atomic E-state index is -0.526. The molecule has 7 heteroatoms. The molecule has 20 heavy (non-hydrogen) atoms. The molecule has 0 fully saturated rings. The predicted octanol–water partition coefficient (Wildman–Crippen LogP) is 2.30. The third-order valence-corrected chi connectivity index (χ3v) is 2.79. The standard InChI is InChI=1S/C13H10N2O5/c16-15(17)10-6-14-4-3-11(10)18-7-9-1-2-12-13(5-9)20-8-19-12/h1-6H,7-8H2. The fourth-order valence-corrected chi connectivity index (χ4v) is 1.82. The van der Waals surface area contributed by atoms with Gasteiger partial charge >= 0.3 is 5.69 Å². The second kappa shape index (κ2) is 5.04. The van der Waals surface area contributed by atoms with Gasteiger partial charge in [0.15, 0.2) is 11.5 Å². The number of hydrogen-bond acceptors (Lipinski definition) is 6. The van der Waals surface area contributed by atoms with Crippen LogP contribution in [0.4, 0.5) is 5.69 Å². The van der Waals surface area contributed by atoms with Crippen molar-refractivity contribution in [2.24, 2.45) is 0 Å². The maximum Gasteiger partial charge on any atom is 0.329 e. The molecule has 7 nitrogen and oxygen atoms in total. The number of fused-ring (bicyclic) bond motifs is 1. The highest BCUT2D eigenvalue weighted by atomic mass is 16.7. The summed E-state index contributed by atoms with van der Waals surface area (Å²) in [6.45, 7) is 0.400. The molecule has 0 unspecified atom stereocenters. The summed E-state index contributed by atoms with van der Waals surface area (Å²) in [6.07, 6.45) is 2.61. The summed E-state index contributed by atoms with van der Waals surface area (Å²) in [5.41, 5.74) is 0.675. The maximum atomic E-state index is 10.8. The molecule has 0 aliphatic carbocycles. The summed E-state index contributed by atoms with van der Waals surface area (Å²) in [6, 6.07) is 6.85. The van der Waals surface area contributed by atoms with Gasteiger partial charge in [0.1, 0.15) is 12.8 Å². The van der Waals surface area contributed by atoms with Crippen LogP contribution in [0.15, 0.2) is 36.7 Å². The number of benzene rings is 1. The number of nitrogens with zero attached hydrogens (tertiary/aromatic N) is 2. The van der Waals surface area contributed by atoms with Gasteiger partial charge in [0, 0.05) is 12.3 Å². The average Bonchev–Trinajstić information content (AvgIpc) is 2.92. The van der Waals surface area contributed by atoms with Crippen molar-refractivity contribution in [2.45, 2.75) is 6.61 Å². The van der Waals surface area contributed by atoms with Crippen LogP contribution in [0.25, 0.3) is 0 Å². The van der Waals surface area contributed by atoms with Crippen molar-refractivity contribution in [3.05, 3.63) is 52.3 Å². The van der Waals surface area contributed by atoms with E-state index in [2.05, 4.69) is 4.98 Å². The van der Waals surface area contributed by atoms with E-state index in [9.17, 15) is 10.1 Å². The Kier molecular flexibility index (Phi) is 3.08. The summed E-state index contributed by atoms with van der Waals surface area (Å²) in [4.78, 5) is 14.0. The van der Waals surface area contributed by atoms with E-state index < -0.39 is 4.92 Å². The zero-order valence-electron chi connectivity index (χ0n) is 10.3. The number of ether oxygens (including phenoxy) is 3. The van der Waals surface area contributed by atoms with E-state index in [0.29, 0.717) is 11.5 Å². The Bertz CT molecular complexity index is 659. The molecule has 0 spiro atoms. The third kappa shape index (κ3) is 2.33. The van der Waals surface area contributed by atoms with Crippen LogP contribution in [0.3, 0.4) is 0 Å². The van der Waals surface area contributed by atoms with E-state index in [4.69, 9.17) is 14.2 Å². The zero-order chi connectivity index (χ0) is 13.9. The Morgan fingerprint density at radius 2 is 2.15 bits per heavy atom. The smallest absolute Gasteiger partial charge is 0.329 e. The Hall–Kier alpha value is -2.83. The van der Waals surface area contributed by atoms with Gasteiger partial charge in [-0.1, -0.05) is 6.07 Å². The van der Waals surface area contributed by atoms with Crippen LogP contribution in [0.2, 0.25) is 0 Å². The normalized spacial score (nSPS) is 12.2. The van der Waals surface area contributed by atoms with Crippen molar-refractivity contribution >= 4 is 5.69 Å². The average molecular weight is 274 g/mol. The molecule has 0 radical (unpaired) electrons. The van der Waals surface area contributed by atoms with Gasteiger partial charge in [0.05, 0.1) is 4.92 Å². The van der Waals surface area contributed by atoms with Crippen LogP contribution < -0.4 is 14.2 Å². The first-order valence-corrected chi connectivity index (χ1v) is 5.84. The quantitative estimate of drug-likeness (QED) is 0.628. The van der Waals surface area contributed by atoms with E-state index >= 15 is 0 Å². The number of hydrogen-bond donors (Lipinski definition) is 0. The summed E-state index contributed by atoms with van der Waals surface area (Å²) >= 11 is 0. The van der Waals surface area contributed by atoms with Crippen LogP contribution in [0, 0.1) is 10.1 Å². The lowest BCUT2D eigenvalue weighted by molar-refractivity contribution is -0.386. The SMILES string of the molecule is O=[N+]([O-])c1cnccc1OCc1ccc2c(c1)OCO2. The highest BCUT2D eigenvalue weighted by Crippen LogP contribution is 2.33. The molecule has 0 saturated heterocycles. The topological polar surface area (TPSA) is 83.7 Å².